The third-order valence-electron chi connectivity index (χ3n) is 3.26. The summed E-state index contributed by atoms with van der Waals surface area (Å²) in [5, 5.41) is 0.833. The van der Waals surface area contributed by atoms with Crippen molar-refractivity contribution in [1.29, 1.82) is 0 Å². The molecule has 0 aliphatic carbocycles. The average Bonchev–Trinajstić information content (AvgIpc) is 2.90. The number of rotatable bonds is 4. The van der Waals surface area contributed by atoms with Crippen molar-refractivity contribution in [1.82, 2.24) is 14.5 Å². The molecule has 6 nitrogen and oxygen atoms in total. The Morgan fingerprint density at radius 1 is 1.18 bits per heavy atom. The minimum absolute atomic E-state index is 0.301. The molecule has 0 aliphatic rings. The minimum atomic E-state index is -3.22. The van der Waals surface area contributed by atoms with Crippen LogP contribution in [0.4, 0.5) is 0 Å². The van der Waals surface area contributed by atoms with E-state index in [2.05, 4.69) is 9.97 Å². The van der Waals surface area contributed by atoms with Gasteiger partial charge in [-0.15, -0.1) is 0 Å². The quantitative estimate of drug-likeness (QED) is 0.737. The summed E-state index contributed by atoms with van der Waals surface area (Å²) < 4.78 is 30.5. The summed E-state index contributed by atoms with van der Waals surface area (Å²) in [5.41, 5.74) is 0.869. The predicted octanol–water partition coefficient (Wildman–Crippen LogP) is 2.22. The predicted molar refractivity (Wildman–Crippen MR) is 83.1 cm³/mol. The number of sulfone groups is 1. The number of fused-ring (bicyclic) bond motifs is 1. The third-order valence-corrected chi connectivity index (χ3v) is 4.37. The Labute approximate surface area is 128 Å². The molecular formula is C15H15N3O3S. The lowest BCUT2D eigenvalue weighted by Crippen LogP contribution is -2.00. The van der Waals surface area contributed by atoms with E-state index in [4.69, 9.17) is 4.74 Å². The zero-order valence-electron chi connectivity index (χ0n) is 12.2. The van der Waals surface area contributed by atoms with Crippen LogP contribution in [-0.2, 0) is 9.84 Å². The van der Waals surface area contributed by atoms with Crippen molar-refractivity contribution in [3.8, 4) is 11.7 Å². The SMILES string of the molecule is CCOc1cc(-n2ccc3cc(S(C)(=O)=O)ccc32)ncn1. The van der Waals surface area contributed by atoms with Gasteiger partial charge < -0.3 is 9.30 Å². The molecule has 0 fully saturated rings. The first-order chi connectivity index (χ1) is 10.5. The van der Waals surface area contributed by atoms with Crippen molar-refractivity contribution in [3.05, 3.63) is 42.9 Å². The highest BCUT2D eigenvalue weighted by atomic mass is 32.2. The fourth-order valence-electron chi connectivity index (χ4n) is 2.24. The van der Waals surface area contributed by atoms with Crippen molar-refractivity contribution in [3.63, 3.8) is 0 Å². The van der Waals surface area contributed by atoms with Crippen LogP contribution in [-0.4, -0.2) is 35.8 Å². The molecule has 0 unspecified atom stereocenters. The van der Waals surface area contributed by atoms with Gasteiger partial charge in [0.2, 0.25) is 5.88 Å². The zero-order chi connectivity index (χ0) is 15.7. The molecule has 3 rings (SSSR count). The fraction of sp³-hybridized carbons (Fsp3) is 0.200. The summed E-state index contributed by atoms with van der Waals surface area (Å²) in [6.45, 7) is 2.42. The maximum atomic E-state index is 11.6. The van der Waals surface area contributed by atoms with Gasteiger partial charge in [0, 0.05) is 23.9 Å². The lowest BCUT2D eigenvalue weighted by molar-refractivity contribution is 0.326. The molecule has 7 heteroatoms. The molecule has 0 bridgehead atoms. The van der Waals surface area contributed by atoms with E-state index >= 15 is 0 Å². The highest BCUT2D eigenvalue weighted by Gasteiger charge is 2.11. The largest absolute Gasteiger partial charge is 0.478 e. The average molecular weight is 317 g/mol. The van der Waals surface area contributed by atoms with E-state index < -0.39 is 9.84 Å². The van der Waals surface area contributed by atoms with Gasteiger partial charge in [0.05, 0.1) is 17.0 Å². The van der Waals surface area contributed by atoms with Crippen molar-refractivity contribution in [2.75, 3.05) is 12.9 Å². The van der Waals surface area contributed by atoms with Crippen LogP contribution >= 0.6 is 0 Å². The van der Waals surface area contributed by atoms with E-state index in [1.807, 2.05) is 23.8 Å². The summed E-state index contributed by atoms with van der Waals surface area (Å²) in [6.07, 6.45) is 4.48. The molecule has 3 aromatic rings. The van der Waals surface area contributed by atoms with Gasteiger partial charge in [0.25, 0.3) is 0 Å². The van der Waals surface area contributed by atoms with Crippen LogP contribution in [0.15, 0.2) is 47.8 Å². The van der Waals surface area contributed by atoms with Crippen molar-refractivity contribution in [2.45, 2.75) is 11.8 Å². The maximum absolute atomic E-state index is 11.6. The third kappa shape index (κ3) is 2.67. The lowest BCUT2D eigenvalue weighted by atomic mass is 10.2. The van der Waals surface area contributed by atoms with Crippen molar-refractivity contribution < 1.29 is 13.2 Å². The molecule has 0 N–H and O–H groups in total. The van der Waals surface area contributed by atoms with Crippen LogP contribution < -0.4 is 4.74 Å². The molecule has 0 saturated heterocycles. The highest BCUT2D eigenvalue weighted by Crippen LogP contribution is 2.23. The molecule has 0 amide bonds. The summed E-state index contributed by atoms with van der Waals surface area (Å²) in [4.78, 5) is 8.58. The molecule has 0 aliphatic heterocycles. The number of aromatic nitrogens is 3. The standard InChI is InChI=1S/C15H15N3O3S/c1-3-21-15-9-14(16-10-17-15)18-7-6-11-8-12(22(2,19)20)4-5-13(11)18/h4-10H,3H2,1-2H3. The van der Waals surface area contributed by atoms with Crippen LogP contribution in [0.3, 0.4) is 0 Å². The van der Waals surface area contributed by atoms with Crippen LogP contribution in [0.1, 0.15) is 6.92 Å². The van der Waals surface area contributed by atoms with E-state index in [0.717, 1.165) is 10.9 Å². The monoisotopic (exact) mass is 317 g/mol. The molecule has 0 spiro atoms. The Bertz CT molecular complexity index is 932. The van der Waals surface area contributed by atoms with E-state index in [1.165, 1.54) is 12.6 Å². The fourth-order valence-corrected chi connectivity index (χ4v) is 2.90. The number of hydrogen-bond acceptors (Lipinski definition) is 5. The molecule has 0 saturated carbocycles. The normalized spacial score (nSPS) is 11.7. The van der Waals surface area contributed by atoms with Crippen LogP contribution in [0.5, 0.6) is 5.88 Å². The Balaban J connectivity index is 2.11. The first-order valence-electron chi connectivity index (χ1n) is 6.75. The van der Waals surface area contributed by atoms with E-state index in [1.54, 1.807) is 24.3 Å². The molecule has 1 aromatic carbocycles. The summed E-state index contributed by atoms with van der Waals surface area (Å²) in [7, 11) is -3.22. The molecule has 0 radical (unpaired) electrons. The van der Waals surface area contributed by atoms with Crippen LogP contribution in [0.2, 0.25) is 0 Å². The molecule has 22 heavy (non-hydrogen) atoms. The molecule has 114 valence electrons. The van der Waals surface area contributed by atoms with Gasteiger partial charge in [0.1, 0.15) is 12.1 Å². The van der Waals surface area contributed by atoms with E-state index in [0.29, 0.717) is 23.2 Å². The molecule has 0 atom stereocenters. The Morgan fingerprint density at radius 3 is 2.73 bits per heavy atom. The van der Waals surface area contributed by atoms with Gasteiger partial charge in [-0.3, -0.25) is 0 Å². The summed E-state index contributed by atoms with van der Waals surface area (Å²) in [6, 6.07) is 8.62. The van der Waals surface area contributed by atoms with Gasteiger partial charge in [-0.2, -0.15) is 0 Å². The summed E-state index contributed by atoms with van der Waals surface area (Å²) in [5.74, 6) is 1.17. The van der Waals surface area contributed by atoms with Crippen molar-refractivity contribution in [2.24, 2.45) is 0 Å². The van der Waals surface area contributed by atoms with Crippen molar-refractivity contribution >= 4 is 20.7 Å². The van der Waals surface area contributed by atoms with Gasteiger partial charge in [0.15, 0.2) is 9.84 Å². The van der Waals surface area contributed by atoms with E-state index in [-0.39, 0.29) is 0 Å². The zero-order valence-corrected chi connectivity index (χ0v) is 13.0. The minimum Gasteiger partial charge on any atom is -0.478 e. The lowest BCUT2D eigenvalue weighted by Gasteiger charge is -2.07. The molecular weight excluding hydrogens is 302 g/mol. The van der Waals surface area contributed by atoms with Gasteiger partial charge in [-0.05, 0) is 31.2 Å². The summed E-state index contributed by atoms with van der Waals surface area (Å²) >= 11 is 0. The maximum Gasteiger partial charge on any atom is 0.218 e. The first kappa shape index (κ1) is 14.5. The van der Waals surface area contributed by atoms with Gasteiger partial charge >= 0.3 is 0 Å². The van der Waals surface area contributed by atoms with Crippen LogP contribution in [0.25, 0.3) is 16.7 Å². The van der Waals surface area contributed by atoms with Crippen LogP contribution in [0, 0.1) is 0 Å². The number of ether oxygens (including phenoxy) is 1. The number of nitrogens with zero attached hydrogens (tertiary/aromatic N) is 3. The molecule has 2 aromatic heterocycles. The highest BCUT2D eigenvalue weighted by molar-refractivity contribution is 7.90. The number of benzene rings is 1. The smallest absolute Gasteiger partial charge is 0.218 e. The Hall–Kier alpha value is -2.41. The van der Waals surface area contributed by atoms with Gasteiger partial charge in [-0.25, -0.2) is 18.4 Å². The first-order valence-corrected chi connectivity index (χ1v) is 8.64. The second-order valence-corrected chi connectivity index (χ2v) is 6.84. The molecule has 2 heterocycles. The Kier molecular flexibility index (Phi) is 3.58. The van der Waals surface area contributed by atoms with E-state index in [9.17, 15) is 8.42 Å². The second kappa shape index (κ2) is 5.42. The Morgan fingerprint density at radius 2 is 2.00 bits per heavy atom. The number of hydrogen-bond donors (Lipinski definition) is 0. The van der Waals surface area contributed by atoms with Gasteiger partial charge in [-0.1, -0.05) is 0 Å². The topological polar surface area (TPSA) is 74.1 Å². The second-order valence-electron chi connectivity index (χ2n) is 4.83.